The second-order valence-electron chi connectivity index (χ2n) is 4.87. The van der Waals surface area contributed by atoms with Crippen molar-refractivity contribution in [2.24, 2.45) is 0 Å². The molecule has 0 fully saturated rings. The molecule has 3 rings (SSSR count). The lowest BCUT2D eigenvalue weighted by Crippen LogP contribution is -2.26. The second kappa shape index (κ2) is 5.79. The van der Waals surface area contributed by atoms with E-state index in [-0.39, 0.29) is 5.91 Å². The fourth-order valence-corrected chi connectivity index (χ4v) is 2.41. The van der Waals surface area contributed by atoms with E-state index in [4.69, 9.17) is 0 Å². The summed E-state index contributed by atoms with van der Waals surface area (Å²) in [7, 11) is 0. The van der Waals surface area contributed by atoms with Gasteiger partial charge in [0.05, 0.1) is 5.69 Å². The SMILES string of the molecule is CCC(=O)N(c1ccc2c(c1)CNC=C2)c1ccccn1. The third-order valence-corrected chi connectivity index (χ3v) is 3.49. The number of rotatable bonds is 3. The third-order valence-electron chi connectivity index (χ3n) is 3.49. The van der Waals surface area contributed by atoms with Gasteiger partial charge in [0.25, 0.3) is 0 Å². The summed E-state index contributed by atoms with van der Waals surface area (Å²) >= 11 is 0. The van der Waals surface area contributed by atoms with E-state index in [1.54, 1.807) is 11.1 Å². The van der Waals surface area contributed by atoms with E-state index in [2.05, 4.69) is 10.3 Å². The van der Waals surface area contributed by atoms with Crippen LogP contribution in [0.25, 0.3) is 6.08 Å². The van der Waals surface area contributed by atoms with E-state index >= 15 is 0 Å². The minimum Gasteiger partial charge on any atom is -0.387 e. The molecular formula is C17H17N3O. The molecule has 0 bridgehead atoms. The molecule has 0 unspecified atom stereocenters. The zero-order valence-corrected chi connectivity index (χ0v) is 11.9. The van der Waals surface area contributed by atoms with Crippen LogP contribution in [-0.4, -0.2) is 10.9 Å². The number of nitrogens with one attached hydrogen (secondary N) is 1. The zero-order chi connectivity index (χ0) is 14.7. The number of aromatic nitrogens is 1. The summed E-state index contributed by atoms with van der Waals surface area (Å²) < 4.78 is 0. The lowest BCUT2D eigenvalue weighted by atomic mass is 10.0. The summed E-state index contributed by atoms with van der Waals surface area (Å²) in [5, 5.41) is 3.19. The molecule has 0 saturated heterocycles. The van der Waals surface area contributed by atoms with Crippen molar-refractivity contribution in [2.75, 3.05) is 4.90 Å². The van der Waals surface area contributed by atoms with Gasteiger partial charge in [-0.1, -0.05) is 19.1 Å². The molecule has 1 aliphatic heterocycles. The van der Waals surface area contributed by atoms with Crippen LogP contribution in [0.15, 0.2) is 48.8 Å². The van der Waals surface area contributed by atoms with Gasteiger partial charge in [-0.15, -0.1) is 0 Å². The molecule has 2 heterocycles. The summed E-state index contributed by atoms with van der Waals surface area (Å²) in [4.78, 5) is 18.3. The maximum absolute atomic E-state index is 12.3. The number of anilines is 2. The zero-order valence-electron chi connectivity index (χ0n) is 11.9. The molecule has 1 amide bonds. The molecule has 0 saturated carbocycles. The Balaban J connectivity index is 2.05. The molecule has 1 aromatic heterocycles. The largest absolute Gasteiger partial charge is 0.387 e. The van der Waals surface area contributed by atoms with Crippen molar-refractivity contribution < 1.29 is 4.79 Å². The molecule has 0 spiro atoms. The van der Waals surface area contributed by atoms with Gasteiger partial charge in [0.2, 0.25) is 5.91 Å². The highest BCUT2D eigenvalue weighted by atomic mass is 16.2. The summed E-state index contributed by atoms with van der Waals surface area (Å²) in [6, 6.07) is 11.7. The Kier molecular flexibility index (Phi) is 3.69. The molecule has 1 aromatic carbocycles. The fourth-order valence-electron chi connectivity index (χ4n) is 2.41. The Morgan fingerprint density at radius 2 is 2.24 bits per heavy atom. The number of amides is 1. The smallest absolute Gasteiger partial charge is 0.232 e. The number of nitrogens with zero attached hydrogens (tertiary/aromatic N) is 2. The third kappa shape index (κ3) is 2.65. The lowest BCUT2D eigenvalue weighted by Gasteiger charge is -2.23. The van der Waals surface area contributed by atoms with Crippen LogP contribution in [0, 0.1) is 0 Å². The summed E-state index contributed by atoms with van der Waals surface area (Å²) in [5.74, 6) is 0.691. The molecule has 1 aliphatic rings. The van der Waals surface area contributed by atoms with E-state index in [9.17, 15) is 4.79 Å². The van der Waals surface area contributed by atoms with Crippen molar-refractivity contribution in [3.05, 3.63) is 59.9 Å². The Morgan fingerprint density at radius 3 is 3.00 bits per heavy atom. The molecule has 21 heavy (non-hydrogen) atoms. The molecule has 106 valence electrons. The maximum atomic E-state index is 12.3. The van der Waals surface area contributed by atoms with Crippen LogP contribution < -0.4 is 10.2 Å². The quantitative estimate of drug-likeness (QED) is 0.938. The van der Waals surface area contributed by atoms with E-state index < -0.39 is 0 Å². The summed E-state index contributed by atoms with van der Waals surface area (Å²) in [6.45, 7) is 2.64. The first-order valence-electron chi connectivity index (χ1n) is 7.06. The molecule has 0 aliphatic carbocycles. The normalized spacial score (nSPS) is 12.4. The van der Waals surface area contributed by atoms with Crippen molar-refractivity contribution in [3.8, 4) is 0 Å². The van der Waals surface area contributed by atoms with Gasteiger partial charge in [-0.25, -0.2) is 4.98 Å². The van der Waals surface area contributed by atoms with E-state index in [0.29, 0.717) is 12.2 Å². The van der Waals surface area contributed by atoms with Crippen LogP contribution in [-0.2, 0) is 11.3 Å². The second-order valence-corrected chi connectivity index (χ2v) is 4.87. The number of carbonyl (C=O) groups excluding carboxylic acids is 1. The first-order chi connectivity index (χ1) is 10.3. The molecule has 1 N–H and O–H groups in total. The van der Waals surface area contributed by atoms with Gasteiger partial charge in [-0.3, -0.25) is 9.69 Å². The number of carbonyl (C=O) groups is 1. The first-order valence-corrected chi connectivity index (χ1v) is 7.06. The number of pyridine rings is 1. The van der Waals surface area contributed by atoms with Crippen molar-refractivity contribution in [1.82, 2.24) is 10.3 Å². The Morgan fingerprint density at radius 1 is 1.33 bits per heavy atom. The average molecular weight is 279 g/mol. The number of fused-ring (bicyclic) bond motifs is 1. The van der Waals surface area contributed by atoms with E-state index in [0.717, 1.165) is 12.2 Å². The van der Waals surface area contributed by atoms with Crippen molar-refractivity contribution in [3.63, 3.8) is 0 Å². The molecule has 0 atom stereocenters. The topological polar surface area (TPSA) is 45.2 Å². The van der Waals surface area contributed by atoms with Gasteiger partial charge >= 0.3 is 0 Å². The molecule has 4 heteroatoms. The van der Waals surface area contributed by atoms with Crippen molar-refractivity contribution >= 4 is 23.5 Å². The molecule has 4 nitrogen and oxygen atoms in total. The van der Waals surface area contributed by atoms with Crippen molar-refractivity contribution in [1.29, 1.82) is 0 Å². The average Bonchev–Trinajstić information content (AvgIpc) is 2.56. The lowest BCUT2D eigenvalue weighted by molar-refractivity contribution is -0.117. The highest BCUT2D eigenvalue weighted by Crippen LogP contribution is 2.28. The highest BCUT2D eigenvalue weighted by Gasteiger charge is 2.18. The predicted octanol–water partition coefficient (Wildman–Crippen LogP) is 3.23. The van der Waals surface area contributed by atoms with Gasteiger partial charge in [0, 0.05) is 19.2 Å². The van der Waals surface area contributed by atoms with Crippen LogP contribution in [0.1, 0.15) is 24.5 Å². The number of benzene rings is 1. The van der Waals surface area contributed by atoms with Gasteiger partial charge < -0.3 is 5.32 Å². The van der Waals surface area contributed by atoms with Gasteiger partial charge in [-0.05, 0) is 47.7 Å². The Bertz CT molecular complexity index is 680. The van der Waals surface area contributed by atoms with E-state index in [1.807, 2.05) is 55.6 Å². The standard InChI is InChI=1S/C17H17N3O/c1-2-17(21)20(16-5-3-4-9-19-16)15-7-6-13-8-10-18-12-14(13)11-15/h3-11,18H,2,12H2,1H3. The predicted molar refractivity (Wildman–Crippen MR) is 84.0 cm³/mol. The number of hydrogen-bond donors (Lipinski definition) is 1. The van der Waals surface area contributed by atoms with Crippen LogP contribution in [0.3, 0.4) is 0 Å². The van der Waals surface area contributed by atoms with Crippen LogP contribution in [0.5, 0.6) is 0 Å². The minimum absolute atomic E-state index is 0.0351. The summed E-state index contributed by atoms with van der Waals surface area (Å²) in [5.41, 5.74) is 3.22. The van der Waals surface area contributed by atoms with E-state index in [1.165, 1.54) is 11.1 Å². The van der Waals surface area contributed by atoms with Crippen LogP contribution >= 0.6 is 0 Å². The Hall–Kier alpha value is -2.62. The highest BCUT2D eigenvalue weighted by molar-refractivity contribution is 5.99. The van der Waals surface area contributed by atoms with Crippen LogP contribution in [0.4, 0.5) is 11.5 Å². The minimum atomic E-state index is 0.0351. The van der Waals surface area contributed by atoms with Gasteiger partial charge in [-0.2, -0.15) is 0 Å². The first kappa shape index (κ1) is 13.4. The number of hydrogen-bond acceptors (Lipinski definition) is 3. The van der Waals surface area contributed by atoms with Gasteiger partial charge in [0.15, 0.2) is 0 Å². The molecule has 0 radical (unpaired) electrons. The fraction of sp³-hybridized carbons (Fsp3) is 0.176. The maximum Gasteiger partial charge on any atom is 0.232 e. The van der Waals surface area contributed by atoms with Gasteiger partial charge in [0.1, 0.15) is 5.82 Å². The summed E-state index contributed by atoms with van der Waals surface area (Å²) in [6.07, 6.45) is 6.12. The molecular weight excluding hydrogens is 262 g/mol. The molecule has 2 aromatic rings. The monoisotopic (exact) mass is 279 g/mol. The van der Waals surface area contributed by atoms with Crippen molar-refractivity contribution in [2.45, 2.75) is 19.9 Å². The Labute approximate surface area is 124 Å². The van der Waals surface area contributed by atoms with Crippen LogP contribution in [0.2, 0.25) is 0 Å².